The molecule has 0 amide bonds. The molecule has 0 atom stereocenters. The fraction of sp³-hybridized carbons (Fsp3) is 1.00. The smallest absolute Gasteiger partial charge is 0.854 e. The second kappa shape index (κ2) is 14.9. The SMILES string of the molecule is CN(C)CCO.CN(C)CC[O-].[Li+]. The van der Waals surface area contributed by atoms with Gasteiger partial charge in [-0.05, 0) is 34.7 Å². The summed E-state index contributed by atoms with van der Waals surface area (Å²) >= 11 is 0. The van der Waals surface area contributed by atoms with Gasteiger partial charge in [0.25, 0.3) is 0 Å². The van der Waals surface area contributed by atoms with Crippen molar-refractivity contribution in [3.63, 3.8) is 0 Å². The van der Waals surface area contributed by atoms with Gasteiger partial charge in [-0.1, -0.05) is 0 Å². The molecule has 0 fully saturated rings. The summed E-state index contributed by atoms with van der Waals surface area (Å²) in [5.74, 6) is 0. The fourth-order valence-corrected chi connectivity index (χ4v) is 0.383. The van der Waals surface area contributed by atoms with E-state index in [9.17, 15) is 5.11 Å². The number of rotatable bonds is 4. The molecule has 0 heterocycles. The molecule has 0 aromatic heterocycles. The predicted octanol–water partition coefficient (Wildman–Crippen LogP) is -4.55. The molecule has 0 aliphatic carbocycles. The quantitative estimate of drug-likeness (QED) is 0.447. The standard InChI is InChI=1S/C4H11NO.C4H10NO.Li/c2*1-5(2)3-4-6;/h6H,3-4H2,1-2H3;3-4H2,1-2H3;/q;-1;+1. The van der Waals surface area contributed by atoms with Gasteiger partial charge in [0.2, 0.25) is 0 Å². The minimum Gasteiger partial charge on any atom is -0.854 e. The zero-order valence-electron chi connectivity index (χ0n) is 9.58. The second-order valence-corrected chi connectivity index (χ2v) is 3.03. The summed E-state index contributed by atoms with van der Waals surface area (Å²) in [6, 6.07) is 0. The van der Waals surface area contributed by atoms with E-state index in [0.717, 1.165) is 6.54 Å². The van der Waals surface area contributed by atoms with Crippen LogP contribution in [0.4, 0.5) is 0 Å². The summed E-state index contributed by atoms with van der Waals surface area (Å²) in [4.78, 5) is 3.80. The van der Waals surface area contributed by atoms with Crippen molar-refractivity contribution in [1.82, 2.24) is 9.80 Å². The largest absolute Gasteiger partial charge is 1.00 e. The van der Waals surface area contributed by atoms with E-state index in [1.165, 1.54) is 0 Å². The van der Waals surface area contributed by atoms with Crippen molar-refractivity contribution in [2.24, 2.45) is 0 Å². The molecule has 0 radical (unpaired) electrons. The minimum atomic E-state index is 0. The van der Waals surface area contributed by atoms with Gasteiger partial charge >= 0.3 is 18.9 Å². The first-order valence-corrected chi connectivity index (χ1v) is 4.03. The maximum atomic E-state index is 9.70. The Labute approximate surface area is 93.7 Å². The van der Waals surface area contributed by atoms with Crippen molar-refractivity contribution in [2.45, 2.75) is 0 Å². The van der Waals surface area contributed by atoms with Gasteiger partial charge in [0, 0.05) is 6.54 Å². The minimum absolute atomic E-state index is 0. The fourth-order valence-electron chi connectivity index (χ4n) is 0.383. The molecule has 0 aliphatic rings. The third kappa shape index (κ3) is 32.7. The van der Waals surface area contributed by atoms with Gasteiger partial charge in [0.15, 0.2) is 0 Å². The Balaban J connectivity index is -0.000000143. The Bertz CT molecular complexity index is 72.5. The van der Waals surface area contributed by atoms with Crippen LogP contribution in [0.5, 0.6) is 0 Å². The van der Waals surface area contributed by atoms with Crippen molar-refractivity contribution in [2.75, 3.05) is 54.5 Å². The predicted molar refractivity (Wildman–Crippen MR) is 49.1 cm³/mol. The Morgan fingerprint density at radius 1 is 1.00 bits per heavy atom. The maximum absolute atomic E-state index is 9.70. The van der Waals surface area contributed by atoms with Gasteiger partial charge in [0.05, 0.1) is 6.61 Å². The zero-order valence-corrected chi connectivity index (χ0v) is 9.58. The number of hydrogen-bond acceptors (Lipinski definition) is 4. The second-order valence-electron chi connectivity index (χ2n) is 3.03. The molecule has 0 bridgehead atoms. The number of likely N-dealkylation sites (N-methyl/N-ethyl adjacent to an activating group) is 2. The average Bonchev–Trinajstić information content (AvgIpc) is 1.87. The first-order chi connectivity index (χ1) is 5.54. The molecular formula is C8H21LiN2O2. The third-order valence-electron chi connectivity index (χ3n) is 1.09. The summed E-state index contributed by atoms with van der Waals surface area (Å²) in [5.41, 5.74) is 0. The van der Waals surface area contributed by atoms with Crippen LogP contribution >= 0.6 is 0 Å². The summed E-state index contributed by atoms with van der Waals surface area (Å²) in [5, 5.41) is 17.9. The molecule has 1 N–H and O–H groups in total. The van der Waals surface area contributed by atoms with Crippen LogP contribution in [-0.2, 0) is 0 Å². The molecule has 0 saturated carbocycles. The van der Waals surface area contributed by atoms with Crippen LogP contribution in [0.3, 0.4) is 0 Å². The topological polar surface area (TPSA) is 49.8 Å². The Hall–Kier alpha value is 0.437. The van der Waals surface area contributed by atoms with Crippen LogP contribution in [-0.4, -0.2) is 69.4 Å². The van der Waals surface area contributed by atoms with Crippen molar-refractivity contribution in [1.29, 1.82) is 0 Å². The van der Waals surface area contributed by atoms with Gasteiger partial charge in [0.1, 0.15) is 0 Å². The molecule has 4 nitrogen and oxygen atoms in total. The van der Waals surface area contributed by atoms with Crippen LogP contribution in [0.2, 0.25) is 0 Å². The van der Waals surface area contributed by atoms with Crippen molar-refractivity contribution < 1.29 is 29.1 Å². The Kier molecular flexibility index (Phi) is 21.9. The van der Waals surface area contributed by atoms with Crippen molar-refractivity contribution in [3.8, 4) is 0 Å². The molecule has 0 aromatic carbocycles. The van der Waals surface area contributed by atoms with E-state index < -0.39 is 0 Å². The average molecular weight is 184 g/mol. The third-order valence-corrected chi connectivity index (χ3v) is 1.09. The van der Waals surface area contributed by atoms with E-state index in [1.54, 1.807) is 0 Å². The first-order valence-electron chi connectivity index (χ1n) is 4.03. The van der Waals surface area contributed by atoms with Crippen LogP contribution in [0.1, 0.15) is 0 Å². The first kappa shape index (κ1) is 19.1. The molecule has 0 aliphatic heterocycles. The van der Waals surface area contributed by atoms with Crippen molar-refractivity contribution >= 4 is 0 Å². The van der Waals surface area contributed by atoms with Gasteiger partial charge in [-0.3, -0.25) is 0 Å². The summed E-state index contributed by atoms with van der Waals surface area (Å²) in [6.07, 6.45) is 0. The van der Waals surface area contributed by atoms with E-state index in [1.807, 2.05) is 38.0 Å². The van der Waals surface area contributed by atoms with Crippen molar-refractivity contribution in [3.05, 3.63) is 0 Å². The molecule has 0 spiro atoms. The summed E-state index contributed by atoms with van der Waals surface area (Å²) in [6.45, 7) is 1.68. The molecule has 0 rings (SSSR count). The summed E-state index contributed by atoms with van der Waals surface area (Å²) < 4.78 is 0. The van der Waals surface area contributed by atoms with Gasteiger partial charge in [-0.15, -0.1) is 6.61 Å². The van der Waals surface area contributed by atoms with Gasteiger partial charge < -0.3 is 20.0 Å². The van der Waals surface area contributed by atoms with Crippen LogP contribution in [0, 0.1) is 0 Å². The van der Waals surface area contributed by atoms with Gasteiger partial charge in [-0.25, -0.2) is 0 Å². The molecule has 76 valence electrons. The van der Waals surface area contributed by atoms with E-state index in [4.69, 9.17) is 5.11 Å². The van der Waals surface area contributed by atoms with E-state index >= 15 is 0 Å². The number of aliphatic hydroxyl groups is 1. The van der Waals surface area contributed by atoms with Crippen LogP contribution in [0.15, 0.2) is 0 Å². The normalized spacial score (nSPS) is 9.23. The monoisotopic (exact) mass is 184 g/mol. The van der Waals surface area contributed by atoms with Crippen LogP contribution in [0.25, 0.3) is 0 Å². The molecular weight excluding hydrogens is 163 g/mol. The van der Waals surface area contributed by atoms with Gasteiger partial charge in [-0.2, -0.15) is 0 Å². The number of nitrogens with zero attached hydrogens (tertiary/aromatic N) is 2. The summed E-state index contributed by atoms with van der Waals surface area (Å²) in [7, 11) is 7.63. The molecule has 0 unspecified atom stereocenters. The zero-order chi connectivity index (χ0) is 9.98. The molecule has 0 saturated heterocycles. The number of aliphatic hydroxyl groups excluding tert-OH is 1. The molecule has 5 heteroatoms. The Morgan fingerprint density at radius 2 is 1.38 bits per heavy atom. The van der Waals surface area contributed by atoms with Crippen LogP contribution < -0.4 is 24.0 Å². The molecule has 13 heavy (non-hydrogen) atoms. The number of hydrogen-bond donors (Lipinski definition) is 1. The maximum Gasteiger partial charge on any atom is 1.00 e. The van der Waals surface area contributed by atoms with E-state index in [-0.39, 0.29) is 32.1 Å². The van der Waals surface area contributed by atoms with E-state index in [2.05, 4.69) is 0 Å². The molecule has 0 aromatic rings. The Morgan fingerprint density at radius 3 is 1.38 bits per heavy atom. The van der Waals surface area contributed by atoms with E-state index in [0.29, 0.717) is 6.54 Å².